The zero-order valence-electron chi connectivity index (χ0n) is 16.2. The largest absolute Gasteiger partial charge is 0.493 e. The van der Waals surface area contributed by atoms with Gasteiger partial charge in [0.15, 0.2) is 11.5 Å². The van der Waals surface area contributed by atoms with E-state index in [0.29, 0.717) is 41.9 Å². The molecule has 1 N–H and O–H groups in total. The van der Waals surface area contributed by atoms with Crippen LogP contribution in [-0.4, -0.2) is 61.4 Å². The number of likely N-dealkylation sites (tertiary alicyclic amines) is 1. The van der Waals surface area contributed by atoms with E-state index in [4.69, 9.17) is 18.9 Å². The molecule has 0 spiro atoms. The standard InChI is InChI=1S/C19H24N4O5/c1-25-15-9-13(10-16(26-2)18(15)27-3)22-19(24)23-8-4-5-14(11-23)28-17-6-7-20-12-21-17/h6-7,9-10,12,14H,4-5,8,11H2,1-3H3,(H,22,24). The molecule has 1 aromatic heterocycles. The maximum atomic E-state index is 12.7. The van der Waals surface area contributed by atoms with Gasteiger partial charge in [0.1, 0.15) is 12.4 Å². The lowest BCUT2D eigenvalue weighted by Gasteiger charge is -2.32. The first kappa shape index (κ1) is 19.5. The van der Waals surface area contributed by atoms with Crippen molar-refractivity contribution < 1.29 is 23.7 Å². The number of amides is 2. The number of rotatable bonds is 6. The molecule has 9 nitrogen and oxygen atoms in total. The fourth-order valence-corrected chi connectivity index (χ4v) is 3.09. The van der Waals surface area contributed by atoms with Crippen molar-refractivity contribution in [2.24, 2.45) is 0 Å². The first-order chi connectivity index (χ1) is 13.6. The zero-order valence-corrected chi connectivity index (χ0v) is 16.2. The maximum absolute atomic E-state index is 12.7. The molecule has 1 aliphatic heterocycles. The Labute approximate surface area is 163 Å². The van der Waals surface area contributed by atoms with Gasteiger partial charge >= 0.3 is 6.03 Å². The molecule has 0 radical (unpaired) electrons. The highest BCUT2D eigenvalue weighted by atomic mass is 16.5. The Morgan fingerprint density at radius 3 is 2.54 bits per heavy atom. The average Bonchev–Trinajstić information content (AvgIpc) is 2.73. The van der Waals surface area contributed by atoms with Gasteiger partial charge in [-0.2, -0.15) is 0 Å². The third kappa shape index (κ3) is 4.54. The van der Waals surface area contributed by atoms with Crippen LogP contribution in [0.4, 0.5) is 10.5 Å². The maximum Gasteiger partial charge on any atom is 0.321 e. The molecule has 9 heteroatoms. The van der Waals surface area contributed by atoms with Crippen molar-refractivity contribution in [2.45, 2.75) is 18.9 Å². The van der Waals surface area contributed by atoms with Gasteiger partial charge in [0.25, 0.3) is 0 Å². The van der Waals surface area contributed by atoms with Crippen LogP contribution in [0, 0.1) is 0 Å². The molecule has 1 aliphatic rings. The number of benzene rings is 1. The van der Waals surface area contributed by atoms with Crippen molar-refractivity contribution in [3.8, 4) is 23.1 Å². The number of carbonyl (C=O) groups is 1. The Bertz CT molecular complexity index is 777. The molecule has 2 amide bonds. The number of anilines is 1. The first-order valence-electron chi connectivity index (χ1n) is 8.93. The second-order valence-corrected chi connectivity index (χ2v) is 6.22. The predicted octanol–water partition coefficient (Wildman–Crippen LogP) is 2.58. The molecule has 1 unspecified atom stereocenters. The highest BCUT2D eigenvalue weighted by molar-refractivity contribution is 5.90. The van der Waals surface area contributed by atoms with E-state index in [1.54, 1.807) is 29.3 Å². The average molecular weight is 388 g/mol. The van der Waals surface area contributed by atoms with Gasteiger partial charge in [-0.3, -0.25) is 0 Å². The van der Waals surface area contributed by atoms with Crippen molar-refractivity contribution in [1.29, 1.82) is 0 Å². The minimum atomic E-state index is -0.217. The molecule has 1 saturated heterocycles. The van der Waals surface area contributed by atoms with E-state index >= 15 is 0 Å². The van der Waals surface area contributed by atoms with Gasteiger partial charge in [-0.25, -0.2) is 14.8 Å². The normalized spacial score (nSPS) is 16.2. The van der Waals surface area contributed by atoms with E-state index in [1.165, 1.54) is 27.7 Å². The second-order valence-electron chi connectivity index (χ2n) is 6.22. The smallest absolute Gasteiger partial charge is 0.321 e. The van der Waals surface area contributed by atoms with E-state index in [9.17, 15) is 4.79 Å². The number of ether oxygens (including phenoxy) is 4. The lowest BCUT2D eigenvalue weighted by Crippen LogP contribution is -2.46. The Balaban J connectivity index is 1.67. The van der Waals surface area contributed by atoms with E-state index in [-0.39, 0.29) is 12.1 Å². The van der Waals surface area contributed by atoms with Crippen LogP contribution in [0.1, 0.15) is 12.8 Å². The van der Waals surface area contributed by atoms with Gasteiger partial charge in [0.2, 0.25) is 11.6 Å². The van der Waals surface area contributed by atoms with Crippen LogP contribution >= 0.6 is 0 Å². The fraction of sp³-hybridized carbons (Fsp3) is 0.421. The zero-order chi connectivity index (χ0) is 19.9. The molecule has 28 heavy (non-hydrogen) atoms. The number of hydrogen-bond acceptors (Lipinski definition) is 7. The Kier molecular flexibility index (Phi) is 6.36. The number of aromatic nitrogens is 2. The van der Waals surface area contributed by atoms with E-state index in [1.807, 2.05) is 0 Å². The molecule has 0 saturated carbocycles. The van der Waals surface area contributed by atoms with Gasteiger partial charge in [-0.05, 0) is 12.8 Å². The summed E-state index contributed by atoms with van der Waals surface area (Å²) in [4.78, 5) is 22.4. The van der Waals surface area contributed by atoms with E-state index < -0.39 is 0 Å². The number of methoxy groups -OCH3 is 3. The molecular weight excluding hydrogens is 364 g/mol. The topological polar surface area (TPSA) is 95.0 Å². The molecule has 1 aromatic carbocycles. The number of piperidine rings is 1. The van der Waals surface area contributed by atoms with Crippen LogP contribution < -0.4 is 24.3 Å². The molecular formula is C19H24N4O5. The molecule has 1 fully saturated rings. The van der Waals surface area contributed by atoms with Crippen LogP contribution in [0.25, 0.3) is 0 Å². The minimum absolute atomic E-state index is 0.116. The second kappa shape index (κ2) is 9.12. The number of nitrogens with one attached hydrogen (secondary N) is 1. The van der Waals surface area contributed by atoms with E-state index in [2.05, 4.69) is 15.3 Å². The van der Waals surface area contributed by atoms with Gasteiger partial charge in [0, 0.05) is 30.9 Å². The molecule has 3 rings (SSSR count). The summed E-state index contributed by atoms with van der Waals surface area (Å²) in [6, 6.07) is 4.87. The van der Waals surface area contributed by atoms with Gasteiger partial charge in [-0.15, -0.1) is 0 Å². The third-order valence-corrected chi connectivity index (χ3v) is 4.42. The molecule has 0 bridgehead atoms. The van der Waals surface area contributed by atoms with Crippen LogP contribution in [0.3, 0.4) is 0 Å². The highest BCUT2D eigenvalue weighted by Crippen LogP contribution is 2.40. The number of carbonyl (C=O) groups excluding carboxylic acids is 1. The predicted molar refractivity (Wildman–Crippen MR) is 102 cm³/mol. The van der Waals surface area contributed by atoms with Crippen molar-refractivity contribution >= 4 is 11.7 Å². The van der Waals surface area contributed by atoms with Gasteiger partial charge in [0.05, 0.1) is 33.6 Å². The summed E-state index contributed by atoms with van der Waals surface area (Å²) in [5.74, 6) is 1.92. The first-order valence-corrected chi connectivity index (χ1v) is 8.93. The summed E-state index contributed by atoms with van der Waals surface area (Å²) >= 11 is 0. The number of urea groups is 1. The van der Waals surface area contributed by atoms with Crippen molar-refractivity contribution in [3.05, 3.63) is 30.7 Å². The third-order valence-electron chi connectivity index (χ3n) is 4.42. The van der Waals surface area contributed by atoms with Crippen LogP contribution in [0.15, 0.2) is 30.7 Å². The quantitative estimate of drug-likeness (QED) is 0.813. The monoisotopic (exact) mass is 388 g/mol. The Hall–Kier alpha value is -3.23. The lowest BCUT2D eigenvalue weighted by molar-refractivity contribution is 0.102. The molecule has 2 aromatic rings. The summed E-state index contributed by atoms with van der Waals surface area (Å²) in [6.07, 6.45) is 4.65. The number of nitrogens with zero attached hydrogens (tertiary/aromatic N) is 3. The molecule has 150 valence electrons. The Morgan fingerprint density at radius 2 is 1.93 bits per heavy atom. The minimum Gasteiger partial charge on any atom is -0.493 e. The summed E-state index contributed by atoms with van der Waals surface area (Å²) < 4.78 is 21.8. The van der Waals surface area contributed by atoms with Crippen molar-refractivity contribution in [2.75, 3.05) is 39.7 Å². The van der Waals surface area contributed by atoms with Crippen LogP contribution in [0.5, 0.6) is 23.1 Å². The SMILES string of the molecule is COc1cc(NC(=O)N2CCCC(Oc3ccncn3)C2)cc(OC)c1OC. The van der Waals surface area contributed by atoms with Crippen molar-refractivity contribution in [3.63, 3.8) is 0 Å². The fourth-order valence-electron chi connectivity index (χ4n) is 3.09. The molecule has 1 atom stereocenters. The van der Waals surface area contributed by atoms with Crippen LogP contribution in [-0.2, 0) is 0 Å². The number of hydrogen-bond donors (Lipinski definition) is 1. The highest BCUT2D eigenvalue weighted by Gasteiger charge is 2.26. The lowest BCUT2D eigenvalue weighted by atomic mass is 10.1. The summed E-state index contributed by atoms with van der Waals surface area (Å²) in [7, 11) is 4.59. The van der Waals surface area contributed by atoms with Crippen molar-refractivity contribution in [1.82, 2.24) is 14.9 Å². The van der Waals surface area contributed by atoms with Gasteiger partial charge in [-0.1, -0.05) is 0 Å². The summed E-state index contributed by atoms with van der Waals surface area (Å²) in [5.41, 5.74) is 0.554. The van der Waals surface area contributed by atoms with Crippen LogP contribution in [0.2, 0.25) is 0 Å². The van der Waals surface area contributed by atoms with Gasteiger partial charge < -0.3 is 29.2 Å². The molecule has 2 heterocycles. The molecule has 0 aliphatic carbocycles. The summed E-state index contributed by atoms with van der Waals surface area (Å²) in [5, 5.41) is 2.89. The summed E-state index contributed by atoms with van der Waals surface area (Å²) in [6.45, 7) is 1.13. The Morgan fingerprint density at radius 1 is 1.18 bits per heavy atom. The van der Waals surface area contributed by atoms with E-state index in [0.717, 1.165) is 12.8 Å².